The molecule has 3 fully saturated rings. The molecule has 2 amide bonds. The second kappa shape index (κ2) is 9.92. The summed E-state index contributed by atoms with van der Waals surface area (Å²) >= 11 is 0. The highest BCUT2D eigenvalue weighted by atomic mass is 16.7. The van der Waals surface area contributed by atoms with Crippen LogP contribution in [0.2, 0.25) is 0 Å². The molecule has 1 aromatic carbocycles. The summed E-state index contributed by atoms with van der Waals surface area (Å²) in [5.41, 5.74) is 2.28. The van der Waals surface area contributed by atoms with Gasteiger partial charge in [-0.1, -0.05) is 39.0 Å². The number of hydrogen-bond acceptors (Lipinski definition) is 6. The molecule has 8 heteroatoms. The van der Waals surface area contributed by atoms with Crippen molar-refractivity contribution in [2.24, 2.45) is 17.8 Å². The SMILES string of the molecule is Cc1ccc(C(=O)N(c2ccc(C(C)(C)C)cc2)C(C(=O)N[C@H]2C3CO[C@H]4OCC2C4C3)c2cccnc2)o1. The molecule has 4 heterocycles. The van der Waals surface area contributed by atoms with Gasteiger partial charge in [0, 0.05) is 47.4 Å². The van der Waals surface area contributed by atoms with Gasteiger partial charge in [0.1, 0.15) is 11.8 Å². The molecule has 2 bridgehead atoms. The first-order valence-corrected chi connectivity index (χ1v) is 13.6. The highest BCUT2D eigenvalue weighted by Crippen LogP contribution is 2.48. The molecule has 6 rings (SSSR count). The number of amides is 2. The molecule has 3 aliphatic rings. The largest absolute Gasteiger partial charge is 0.456 e. The molecule has 1 saturated carbocycles. The topological polar surface area (TPSA) is 93.9 Å². The molecule has 39 heavy (non-hydrogen) atoms. The maximum Gasteiger partial charge on any atom is 0.294 e. The molecule has 6 atom stereocenters. The summed E-state index contributed by atoms with van der Waals surface area (Å²) in [5, 5.41) is 3.32. The number of pyridine rings is 1. The van der Waals surface area contributed by atoms with Crippen molar-refractivity contribution in [2.75, 3.05) is 18.1 Å². The van der Waals surface area contributed by atoms with Crippen molar-refractivity contribution < 1.29 is 23.5 Å². The van der Waals surface area contributed by atoms with Gasteiger partial charge in [-0.2, -0.15) is 0 Å². The molecular formula is C31H35N3O5. The number of ether oxygens (including phenoxy) is 2. The summed E-state index contributed by atoms with van der Waals surface area (Å²) in [6, 6.07) is 13.8. The zero-order chi connectivity index (χ0) is 27.3. The fraction of sp³-hybridized carbons (Fsp3) is 0.452. The van der Waals surface area contributed by atoms with E-state index in [-0.39, 0.29) is 41.3 Å². The quantitative estimate of drug-likeness (QED) is 0.493. The van der Waals surface area contributed by atoms with Crippen molar-refractivity contribution in [3.8, 4) is 0 Å². The van der Waals surface area contributed by atoms with E-state index in [4.69, 9.17) is 13.9 Å². The standard InChI is InChI=1S/C31H35N3O5/c1-18-7-12-25(39-18)29(36)34(22-10-8-21(9-11-22)31(2,3)4)27(19-6-5-13-32-15-19)28(35)33-26-20-14-23-24(26)17-38-30(23)37-16-20/h5-13,15,20,23-24,26-27,30H,14,16-17H2,1-4H3,(H,33,35)/t20?,23?,24?,26-,27?,30-/m0/s1. The van der Waals surface area contributed by atoms with Crippen LogP contribution < -0.4 is 10.2 Å². The molecule has 0 radical (unpaired) electrons. The van der Waals surface area contributed by atoms with E-state index >= 15 is 0 Å². The number of fused-ring (bicyclic) bond motifs is 1. The van der Waals surface area contributed by atoms with E-state index in [9.17, 15) is 9.59 Å². The summed E-state index contributed by atoms with van der Waals surface area (Å²) in [6.07, 6.45) is 4.10. The molecule has 0 spiro atoms. The second-order valence-corrected chi connectivity index (χ2v) is 12.0. The summed E-state index contributed by atoms with van der Waals surface area (Å²) in [4.78, 5) is 34.2. The average molecular weight is 530 g/mol. The molecule has 2 saturated heterocycles. The van der Waals surface area contributed by atoms with E-state index in [1.807, 2.05) is 30.3 Å². The van der Waals surface area contributed by atoms with Gasteiger partial charge in [-0.3, -0.25) is 19.5 Å². The molecule has 1 N–H and O–H groups in total. The van der Waals surface area contributed by atoms with Crippen LogP contribution in [0.1, 0.15) is 60.7 Å². The summed E-state index contributed by atoms with van der Waals surface area (Å²) in [5.74, 6) is 0.850. The van der Waals surface area contributed by atoms with E-state index in [2.05, 4.69) is 31.1 Å². The maximum absolute atomic E-state index is 14.3. The van der Waals surface area contributed by atoms with Gasteiger partial charge in [0.15, 0.2) is 12.1 Å². The van der Waals surface area contributed by atoms with Gasteiger partial charge in [0.25, 0.3) is 5.91 Å². The predicted molar refractivity (Wildman–Crippen MR) is 145 cm³/mol. The van der Waals surface area contributed by atoms with Crippen LogP contribution in [0.3, 0.4) is 0 Å². The number of nitrogens with one attached hydrogen (secondary N) is 1. The zero-order valence-electron chi connectivity index (χ0n) is 22.8. The molecule has 1 aliphatic carbocycles. The zero-order valence-corrected chi connectivity index (χ0v) is 22.8. The molecule has 8 nitrogen and oxygen atoms in total. The number of nitrogens with zero attached hydrogens (tertiary/aromatic N) is 2. The summed E-state index contributed by atoms with van der Waals surface area (Å²) < 4.78 is 17.5. The van der Waals surface area contributed by atoms with Gasteiger partial charge in [0.2, 0.25) is 5.91 Å². The Bertz CT molecular complexity index is 1350. The molecule has 4 unspecified atom stereocenters. The normalized spacial score (nSPS) is 26.3. The number of benzene rings is 1. The van der Waals surface area contributed by atoms with Crippen molar-refractivity contribution >= 4 is 17.5 Å². The molecule has 2 aromatic heterocycles. The fourth-order valence-corrected chi connectivity index (χ4v) is 6.32. The van der Waals surface area contributed by atoms with Crippen molar-refractivity contribution in [1.29, 1.82) is 0 Å². The Morgan fingerprint density at radius 3 is 2.46 bits per heavy atom. The van der Waals surface area contributed by atoms with Crippen LogP contribution in [-0.4, -0.2) is 42.3 Å². The third-order valence-corrected chi connectivity index (χ3v) is 8.37. The lowest BCUT2D eigenvalue weighted by Crippen LogP contribution is -2.50. The smallest absolute Gasteiger partial charge is 0.294 e. The number of anilines is 1. The minimum Gasteiger partial charge on any atom is -0.456 e. The number of aryl methyl sites for hydroxylation is 1. The third kappa shape index (κ3) is 4.76. The van der Waals surface area contributed by atoms with Crippen LogP contribution in [0.15, 0.2) is 65.3 Å². The number of rotatable bonds is 6. The fourth-order valence-electron chi connectivity index (χ4n) is 6.32. The Morgan fingerprint density at radius 1 is 1.03 bits per heavy atom. The minimum atomic E-state index is -0.961. The van der Waals surface area contributed by atoms with Gasteiger partial charge in [-0.05, 0) is 54.7 Å². The third-order valence-electron chi connectivity index (χ3n) is 8.37. The monoisotopic (exact) mass is 529 g/mol. The van der Waals surface area contributed by atoms with Crippen LogP contribution in [-0.2, 0) is 19.7 Å². The van der Waals surface area contributed by atoms with Crippen molar-refractivity contribution in [3.05, 3.63) is 83.6 Å². The van der Waals surface area contributed by atoms with Crippen molar-refractivity contribution in [3.63, 3.8) is 0 Å². The lowest BCUT2D eigenvalue weighted by atomic mass is 9.87. The second-order valence-electron chi connectivity index (χ2n) is 12.0. The van der Waals surface area contributed by atoms with Crippen LogP contribution in [0.25, 0.3) is 0 Å². The van der Waals surface area contributed by atoms with E-state index in [0.717, 1.165) is 12.0 Å². The van der Waals surface area contributed by atoms with E-state index in [1.165, 1.54) is 4.90 Å². The first kappa shape index (κ1) is 25.8. The van der Waals surface area contributed by atoms with Crippen LogP contribution >= 0.6 is 0 Å². The summed E-state index contributed by atoms with van der Waals surface area (Å²) in [7, 11) is 0. The Labute approximate surface area is 228 Å². The Kier molecular flexibility index (Phi) is 6.55. The van der Waals surface area contributed by atoms with E-state index < -0.39 is 11.9 Å². The van der Waals surface area contributed by atoms with Gasteiger partial charge in [-0.15, -0.1) is 0 Å². The molecule has 204 valence electrons. The van der Waals surface area contributed by atoms with Gasteiger partial charge < -0.3 is 19.2 Å². The van der Waals surface area contributed by atoms with Crippen molar-refractivity contribution in [1.82, 2.24) is 10.3 Å². The van der Waals surface area contributed by atoms with E-state index in [1.54, 1.807) is 37.5 Å². The van der Waals surface area contributed by atoms with Crippen LogP contribution in [0.5, 0.6) is 0 Å². The number of furan rings is 1. The number of aromatic nitrogens is 1. The van der Waals surface area contributed by atoms with Gasteiger partial charge >= 0.3 is 0 Å². The number of carbonyl (C=O) groups excluding carboxylic acids is 2. The Hall–Kier alpha value is -3.49. The molecule has 2 aliphatic heterocycles. The summed E-state index contributed by atoms with van der Waals surface area (Å²) in [6.45, 7) is 9.34. The first-order valence-electron chi connectivity index (χ1n) is 13.6. The molecular weight excluding hydrogens is 494 g/mol. The van der Waals surface area contributed by atoms with Crippen molar-refractivity contribution in [2.45, 2.75) is 57.9 Å². The van der Waals surface area contributed by atoms with Crippen LogP contribution in [0, 0.1) is 24.7 Å². The highest BCUT2D eigenvalue weighted by molar-refractivity contribution is 6.08. The maximum atomic E-state index is 14.3. The number of carbonyl (C=O) groups is 2. The predicted octanol–water partition coefficient (Wildman–Crippen LogP) is 4.79. The first-order chi connectivity index (χ1) is 18.7. The average Bonchev–Trinajstić information content (AvgIpc) is 3.61. The van der Waals surface area contributed by atoms with Crippen LogP contribution in [0.4, 0.5) is 5.69 Å². The number of hydrogen-bond donors (Lipinski definition) is 1. The lowest BCUT2D eigenvalue weighted by Gasteiger charge is -2.34. The van der Waals surface area contributed by atoms with Gasteiger partial charge in [-0.25, -0.2) is 0 Å². The minimum absolute atomic E-state index is 0.0603. The highest BCUT2D eigenvalue weighted by Gasteiger charge is 2.55. The van der Waals surface area contributed by atoms with E-state index in [0.29, 0.717) is 36.1 Å². The lowest BCUT2D eigenvalue weighted by molar-refractivity contribution is -0.163. The Morgan fingerprint density at radius 2 is 1.79 bits per heavy atom. The Balaban J connectivity index is 1.40. The van der Waals surface area contributed by atoms with Gasteiger partial charge in [0.05, 0.1) is 13.2 Å². The molecule has 3 aromatic rings.